The molecule has 0 saturated heterocycles. The molecule has 0 radical (unpaired) electrons. The zero-order valence-electron chi connectivity index (χ0n) is 39.4. The third-order valence-electron chi connectivity index (χ3n) is 11.6. The van der Waals surface area contributed by atoms with Gasteiger partial charge in [0.05, 0.1) is 30.2 Å². The Morgan fingerprint density at radius 2 is 0.969 bits per heavy atom. The first-order valence-electron chi connectivity index (χ1n) is 24.6. The SMILES string of the molecule is CCCCCCCCN=c1ccn(CCCCCCCCCCn2ccc(=NCCCCCCCC)cc2)cc1.Clc1ccc(COC(Cn2ccnc2)c2ccc(Cl)cc2Cl)c(Cl)c1. The van der Waals surface area contributed by atoms with E-state index >= 15 is 0 Å². The van der Waals surface area contributed by atoms with Gasteiger partial charge in [-0.05, 0) is 79.8 Å². The summed E-state index contributed by atoms with van der Waals surface area (Å²) < 4.78 is 12.7. The van der Waals surface area contributed by atoms with Crippen LogP contribution in [0.3, 0.4) is 0 Å². The van der Waals surface area contributed by atoms with Crippen LogP contribution in [0, 0.1) is 0 Å². The van der Waals surface area contributed by atoms with Crippen molar-refractivity contribution in [2.75, 3.05) is 13.1 Å². The molecule has 0 aliphatic heterocycles. The van der Waals surface area contributed by atoms with Crippen molar-refractivity contribution in [3.63, 3.8) is 0 Å². The molecule has 0 saturated carbocycles. The van der Waals surface area contributed by atoms with E-state index in [0.717, 1.165) is 48.0 Å². The summed E-state index contributed by atoms with van der Waals surface area (Å²) in [4.78, 5) is 13.5. The summed E-state index contributed by atoms with van der Waals surface area (Å²) in [6, 6.07) is 19.4. The van der Waals surface area contributed by atoms with Gasteiger partial charge in [-0.2, -0.15) is 0 Å². The van der Waals surface area contributed by atoms with E-state index in [9.17, 15) is 0 Å². The molecule has 1 atom stereocenters. The molecule has 7 nitrogen and oxygen atoms in total. The topological polar surface area (TPSA) is 61.6 Å². The van der Waals surface area contributed by atoms with Gasteiger partial charge in [-0.1, -0.05) is 175 Å². The smallest absolute Gasteiger partial charge is 0.102 e. The quantitative estimate of drug-likeness (QED) is 0.0416. The van der Waals surface area contributed by atoms with Gasteiger partial charge in [-0.3, -0.25) is 9.98 Å². The van der Waals surface area contributed by atoms with Crippen LogP contribution >= 0.6 is 46.4 Å². The van der Waals surface area contributed by atoms with Gasteiger partial charge in [-0.25, -0.2) is 4.98 Å². The molecule has 65 heavy (non-hydrogen) atoms. The summed E-state index contributed by atoms with van der Waals surface area (Å²) in [6.45, 7) is 9.63. The van der Waals surface area contributed by atoms with Crippen LogP contribution in [0.1, 0.15) is 159 Å². The van der Waals surface area contributed by atoms with Crippen molar-refractivity contribution in [1.29, 1.82) is 0 Å². The Kier molecular flexibility index (Phi) is 28.4. The molecule has 0 aliphatic rings. The van der Waals surface area contributed by atoms with E-state index in [1.165, 1.54) is 128 Å². The molecule has 5 rings (SSSR count). The number of aryl methyl sites for hydroxylation is 2. The number of ether oxygens (including phenoxy) is 1. The van der Waals surface area contributed by atoms with Crippen LogP contribution < -0.4 is 10.7 Å². The molecule has 0 bridgehead atoms. The molecule has 0 spiro atoms. The highest BCUT2D eigenvalue weighted by atomic mass is 35.5. The second kappa shape index (κ2) is 34.0. The number of halogens is 4. The lowest BCUT2D eigenvalue weighted by Crippen LogP contribution is -2.12. The largest absolute Gasteiger partial charge is 0.367 e. The Bertz CT molecular complexity index is 2010. The summed E-state index contributed by atoms with van der Waals surface area (Å²) in [5.74, 6) is 0. The van der Waals surface area contributed by atoms with E-state index in [1.807, 2.05) is 22.9 Å². The van der Waals surface area contributed by atoms with Crippen LogP contribution in [0.25, 0.3) is 0 Å². The minimum Gasteiger partial charge on any atom is -0.367 e. The summed E-state index contributed by atoms with van der Waals surface area (Å²) in [5.41, 5.74) is 1.71. The Labute approximate surface area is 411 Å². The van der Waals surface area contributed by atoms with Gasteiger partial charge in [-0.15, -0.1) is 0 Å². The van der Waals surface area contributed by atoms with Gasteiger partial charge < -0.3 is 18.4 Å². The van der Waals surface area contributed by atoms with Crippen molar-refractivity contribution in [2.45, 2.75) is 175 Å². The van der Waals surface area contributed by atoms with Crippen molar-refractivity contribution < 1.29 is 4.74 Å². The Balaban J connectivity index is 0.000000315. The molecule has 2 aromatic carbocycles. The zero-order valence-corrected chi connectivity index (χ0v) is 42.4. The number of aromatic nitrogens is 4. The molecule has 0 amide bonds. The van der Waals surface area contributed by atoms with Crippen molar-refractivity contribution >= 4 is 46.4 Å². The third-order valence-corrected chi connectivity index (χ3v) is 12.8. The minimum absolute atomic E-state index is 0.286. The van der Waals surface area contributed by atoms with Gasteiger partial charge in [0.2, 0.25) is 0 Å². The first-order valence-corrected chi connectivity index (χ1v) is 26.1. The average Bonchev–Trinajstić information content (AvgIpc) is 3.83. The fraction of sp³-hybridized carbons (Fsp3) is 0.537. The Morgan fingerprint density at radius 3 is 1.43 bits per heavy atom. The van der Waals surface area contributed by atoms with Gasteiger partial charge in [0.25, 0.3) is 0 Å². The average molecular weight is 967 g/mol. The van der Waals surface area contributed by atoms with Crippen LogP contribution in [0.2, 0.25) is 20.1 Å². The molecular formula is C54H76Cl4N6O. The summed E-state index contributed by atoms with van der Waals surface area (Å²) in [7, 11) is 0. The number of imidazole rings is 1. The maximum atomic E-state index is 6.37. The fourth-order valence-electron chi connectivity index (χ4n) is 7.68. The van der Waals surface area contributed by atoms with Crippen LogP contribution in [-0.4, -0.2) is 31.8 Å². The van der Waals surface area contributed by atoms with E-state index in [-0.39, 0.29) is 6.10 Å². The number of benzene rings is 2. The van der Waals surface area contributed by atoms with Crippen LogP contribution in [0.5, 0.6) is 0 Å². The van der Waals surface area contributed by atoms with Gasteiger partial charge in [0.1, 0.15) is 6.10 Å². The fourth-order valence-corrected chi connectivity index (χ4v) is 8.67. The molecular weight excluding hydrogens is 890 g/mol. The molecule has 0 N–H and O–H groups in total. The highest BCUT2D eigenvalue weighted by Crippen LogP contribution is 2.31. The van der Waals surface area contributed by atoms with Gasteiger partial charge in [0.15, 0.2) is 0 Å². The maximum Gasteiger partial charge on any atom is 0.102 e. The van der Waals surface area contributed by atoms with Crippen molar-refractivity contribution in [1.82, 2.24) is 18.7 Å². The summed E-state index contributed by atoms with van der Waals surface area (Å²) in [6.07, 6.45) is 40.5. The highest BCUT2D eigenvalue weighted by Gasteiger charge is 2.18. The third kappa shape index (κ3) is 23.8. The molecule has 1 unspecified atom stereocenters. The molecule has 0 aliphatic carbocycles. The number of pyridine rings is 2. The van der Waals surface area contributed by atoms with E-state index < -0.39 is 0 Å². The molecule has 11 heteroatoms. The van der Waals surface area contributed by atoms with E-state index in [4.69, 9.17) is 61.1 Å². The predicted molar refractivity (Wildman–Crippen MR) is 276 cm³/mol. The second-order valence-electron chi connectivity index (χ2n) is 17.2. The van der Waals surface area contributed by atoms with Crippen LogP contribution in [0.4, 0.5) is 0 Å². The maximum absolute atomic E-state index is 6.37. The van der Waals surface area contributed by atoms with E-state index in [0.29, 0.717) is 33.2 Å². The number of rotatable bonds is 31. The normalized spacial score (nSPS) is 11.6. The Morgan fingerprint density at radius 1 is 0.508 bits per heavy atom. The molecule has 0 fully saturated rings. The molecule has 5 aromatic rings. The lowest BCUT2D eigenvalue weighted by atomic mass is 10.1. The van der Waals surface area contributed by atoms with Crippen molar-refractivity contribution in [3.8, 4) is 0 Å². The number of nitrogens with zero attached hydrogens (tertiary/aromatic N) is 6. The lowest BCUT2D eigenvalue weighted by Gasteiger charge is -2.21. The highest BCUT2D eigenvalue weighted by molar-refractivity contribution is 6.35. The van der Waals surface area contributed by atoms with Crippen LogP contribution in [0.15, 0.2) is 114 Å². The predicted octanol–water partition coefficient (Wildman–Crippen LogP) is 16.1. The molecule has 3 heterocycles. The van der Waals surface area contributed by atoms with Crippen molar-refractivity contribution in [2.24, 2.45) is 9.98 Å². The van der Waals surface area contributed by atoms with Gasteiger partial charge in [0, 0.05) is 89.0 Å². The number of hydrogen-bond acceptors (Lipinski definition) is 4. The molecule has 3 aromatic heterocycles. The number of unbranched alkanes of at least 4 members (excludes halogenated alkanes) is 17. The van der Waals surface area contributed by atoms with Gasteiger partial charge >= 0.3 is 0 Å². The minimum atomic E-state index is -0.286. The first kappa shape index (κ1) is 54.3. The Hall–Kier alpha value is -3.33. The second-order valence-corrected chi connectivity index (χ2v) is 18.9. The summed E-state index contributed by atoms with van der Waals surface area (Å²) >= 11 is 24.5. The monoisotopic (exact) mass is 964 g/mol. The van der Waals surface area contributed by atoms with E-state index in [2.05, 4.69) is 77.0 Å². The van der Waals surface area contributed by atoms with Crippen LogP contribution in [-0.2, 0) is 31.0 Å². The lowest BCUT2D eigenvalue weighted by molar-refractivity contribution is 0.0281. The molecule has 356 valence electrons. The zero-order chi connectivity index (χ0) is 46.2. The number of hydrogen-bond donors (Lipinski definition) is 0. The van der Waals surface area contributed by atoms with E-state index in [1.54, 1.807) is 36.8 Å². The van der Waals surface area contributed by atoms with Crippen molar-refractivity contribution in [3.05, 3.63) is 146 Å². The standard InChI is InChI=1S/C36H62N4.C18H14Cl4N2O/c1-3-5-7-9-15-19-27-37-35-23-31-39(32-24-35)29-21-17-13-11-12-14-18-22-30-40-33-25-36(26-34-40)38-28-20-16-10-8-6-4-2;19-13-2-1-12(16(21)7-13)10-25-18(9-24-6-5-23-11-24)15-4-3-14(20)8-17(15)22/h23-26,31-34H,3-22,27-30H2,1-2H3;1-8,11,18H,9-10H2. The first-order chi connectivity index (χ1) is 31.8. The summed E-state index contributed by atoms with van der Waals surface area (Å²) in [5, 5.41) is 4.56.